The van der Waals surface area contributed by atoms with E-state index in [2.05, 4.69) is 31.8 Å². The van der Waals surface area contributed by atoms with Crippen molar-refractivity contribution in [3.05, 3.63) is 30.2 Å². The second kappa shape index (κ2) is 3.69. The number of nitrogens with zero attached hydrogens (tertiary/aromatic N) is 1. The van der Waals surface area contributed by atoms with E-state index in [1.54, 1.807) is 6.26 Å². The van der Waals surface area contributed by atoms with Gasteiger partial charge in [0.1, 0.15) is 5.52 Å². The highest BCUT2D eigenvalue weighted by atomic mass is 16.3. The van der Waals surface area contributed by atoms with Gasteiger partial charge >= 0.3 is 0 Å². The van der Waals surface area contributed by atoms with Crippen molar-refractivity contribution >= 4 is 11.1 Å². The van der Waals surface area contributed by atoms with Crippen LogP contribution in [0.25, 0.3) is 11.1 Å². The molecule has 0 radical (unpaired) electrons. The van der Waals surface area contributed by atoms with Gasteiger partial charge in [-0.2, -0.15) is 0 Å². The minimum absolute atomic E-state index is 0.183. The number of hydrogen-bond donors (Lipinski definition) is 0. The Labute approximate surface area is 90.3 Å². The van der Waals surface area contributed by atoms with E-state index in [0.29, 0.717) is 0 Å². The lowest BCUT2D eigenvalue weighted by Gasteiger charge is -2.23. The molecular weight excluding hydrogens is 186 g/mol. The van der Waals surface area contributed by atoms with E-state index in [4.69, 9.17) is 4.42 Å². The predicted molar refractivity (Wildman–Crippen MR) is 61.9 cm³/mol. The van der Waals surface area contributed by atoms with Crippen LogP contribution in [0, 0.1) is 0 Å². The topological polar surface area (TPSA) is 26.0 Å². The van der Waals surface area contributed by atoms with Crippen molar-refractivity contribution in [1.29, 1.82) is 0 Å². The molecule has 2 aromatic rings. The summed E-state index contributed by atoms with van der Waals surface area (Å²) in [7, 11) is 0. The minimum atomic E-state index is 0.183. The number of fused-ring (bicyclic) bond motifs is 1. The zero-order valence-corrected chi connectivity index (χ0v) is 9.58. The first-order valence-corrected chi connectivity index (χ1v) is 5.47. The molecule has 2 heterocycles. The summed E-state index contributed by atoms with van der Waals surface area (Å²) in [5.41, 5.74) is 3.26. The molecule has 2 aromatic heterocycles. The van der Waals surface area contributed by atoms with Gasteiger partial charge in [0.25, 0.3) is 0 Å². The molecule has 0 amide bonds. The Kier molecular flexibility index (Phi) is 2.51. The van der Waals surface area contributed by atoms with Gasteiger partial charge < -0.3 is 4.42 Å². The quantitative estimate of drug-likeness (QED) is 0.756. The second-order valence-electron chi connectivity index (χ2n) is 4.66. The van der Waals surface area contributed by atoms with Crippen LogP contribution in [0.2, 0.25) is 0 Å². The summed E-state index contributed by atoms with van der Waals surface area (Å²) in [6.07, 6.45) is 6.01. The smallest absolute Gasteiger partial charge is 0.152 e. The van der Waals surface area contributed by atoms with Crippen LogP contribution in [0.3, 0.4) is 0 Å². The molecule has 0 N–H and O–H groups in total. The third-order valence-electron chi connectivity index (χ3n) is 2.96. The van der Waals surface area contributed by atoms with Gasteiger partial charge in [0.2, 0.25) is 0 Å². The highest BCUT2D eigenvalue weighted by Crippen LogP contribution is 2.29. The van der Waals surface area contributed by atoms with Crippen molar-refractivity contribution in [2.24, 2.45) is 0 Å². The van der Waals surface area contributed by atoms with Crippen LogP contribution in [0.15, 0.2) is 29.0 Å². The third-order valence-corrected chi connectivity index (χ3v) is 2.96. The SMILES string of the molecule is CCCC(C)(C)c1cnc2ccoc2c1. The normalized spacial score (nSPS) is 12.2. The molecule has 0 aliphatic carbocycles. The van der Waals surface area contributed by atoms with E-state index < -0.39 is 0 Å². The first kappa shape index (κ1) is 10.2. The molecule has 0 spiro atoms. The highest BCUT2D eigenvalue weighted by molar-refractivity contribution is 5.72. The molecule has 0 saturated heterocycles. The van der Waals surface area contributed by atoms with Crippen molar-refractivity contribution in [2.45, 2.75) is 39.0 Å². The van der Waals surface area contributed by atoms with Crippen molar-refractivity contribution in [1.82, 2.24) is 4.98 Å². The molecule has 0 fully saturated rings. The maximum atomic E-state index is 5.37. The maximum absolute atomic E-state index is 5.37. The molecule has 15 heavy (non-hydrogen) atoms. The minimum Gasteiger partial charge on any atom is -0.463 e. The Morgan fingerprint density at radius 3 is 2.93 bits per heavy atom. The fourth-order valence-electron chi connectivity index (χ4n) is 1.99. The lowest BCUT2D eigenvalue weighted by atomic mass is 9.81. The van der Waals surface area contributed by atoms with Gasteiger partial charge in [-0.25, -0.2) is 0 Å². The Bertz CT molecular complexity index is 456. The van der Waals surface area contributed by atoms with Crippen LogP contribution >= 0.6 is 0 Å². The first-order chi connectivity index (χ1) is 7.13. The van der Waals surface area contributed by atoms with Gasteiger partial charge in [-0.1, -0.05) is 27.2 Å². The maximum Gasteiger partial charge on any atom is 0.152 e. The van der Waals surface area contributed by atoms with Gasteiger partial charge in [-0.3, -0.25) is 4.98 Å². The van der Waals surface area contributed by atoms with Crippen LogP contribution < -0.4 is 0 Å². The molecule has 2 rings (SSSR count). The summed E-state index contributed by atoms with van der Waals surface area (Å²) in [6.45, 7) is 6.71. The Balaban J connectivity index is 2.42. The van der Waals surface area contributed by atoms with Gasteiger partial charge in [-0.15, -0.1) is 0 Å². The van der Waals surface area contributed by atoms with Gasteiger partial charge in [0.05, 0.1) is 6.26 Å². The molecule has 0 aliphatic rings. The summed E-state index contributed by atoms with van der Waals surface area (Å²) < 4.78 is 5.37. The van der Waals surface area contributed by atoms with Gasteiger partial charge in [-0.05, 0) is 23.5 Å². The van der Waals surface area contributed by atoms with E-state index in [1.807, 2.05) is 12.3 Å². The lowest BCUT2D eigenvalue weighted by Crippen LogP contribution is -2.16. The molecule has 0 unspecified atom stereocenters. The number of rotatable bonds is 3. The third kappa shape index (κ3) is 1.89. The van der Waals surface area contributed by atoms with Crippen LogP contribution in [0.1, 0.15) is 39.2 Å². The standard InChI is InChI=1S/C13H17NO/c1-4-6-13(2,3)10-8-12-11(14-9-10)5-7-15-12/h5,7-9H,4,6H2,1-3H3. The number of aromatic nitrogens is 1. The average Bonchev–Trinajstić information content (AvgIpc) is 2.63. The van der Waals surface area contributed by atoms with E-state index in [0.717, 1.165) is 11.1 Å². The fourth-order valence-corrected chi connectivity index (χ4v) is 1.99. The molecule has 2 nitrogen and oxygen atoms in total. The van der Waals surface area contributed by atoms with Crippen molar-refractivity contribution in [3.63, 3.8) is 0 Å². The zero-order chi connectivity index (χ0) is 10.9. The number of pyridine rings is 1. The molecule has 0 aliphatic heterocycles. The number of furan rings is 1. The molecule has 0 aromatic carbocycles. The zero-order valence-electron chi connectivity index (χ0n) is 9.58. The van der Waals surface area contributed by atoms with Crippen molar-refractivity contribution in [3.8, 4) is 0 Å². The summed E-state index contributed by atoms with van der Waals surface area (Å²) in [4.78, 5) is 4.40. The van der Waals surface area contributed by atoms with Crippen LogP contribution in [-0.4, -0.2) is 4.98 Å². The van der Waals surface area contributed by atoms with Gasteiger partial charge in [0, 0.05) is 12.3 Å². The van der Waals surface area contributed by atoms with E-state index in [-0.39, 0.29) is 5.41 Å². The summed E-state index contributed by atoms with van der Waals surface area (Å²) in [5.74, 6) is 0. The fraction of sp³-hybridized carbons (Fsp3) is 0.462. The molecule has 0 saturated carbocycles. The lowest BCUT2D eigenvalue weighted by molar-refractivity contribution is 0.471. The van der Waals surface area contributed by atoms with Gasteiger partial charge in [0.15, 0.2) is 5.58 Å². The molecule has 0 bridgehead atoms. The van der Waals surface area contributed by atoms with Crippen LogP contribution in [-0.2, 0) is 5.41 Å². The Hall–Kier alpha value is -1.31. The first-order valence-electron chi connectivity index (χ1n) is 5.47. The Morgan fingerprint density at radius 1 is 1.40 bits per heavy atom. The van der Waals surface area contributed by atoms with Crippen molar-refractivity contribution in [2.75, 3.05) is 0 Å². The van der Waals surface area contributed by atoms with Crippen LogP contribution in [0.4, 0.5) is 0 Å². The van der Waals surface area contributed by atoms with Crippen LogP contribution in [0.5, 0.6) is 0 Å². The second-order valence-corrected chi connectivity index (χ2v) is 4.66. The van der Waals surface area contributed by atoms with E-state index >= 15 is 0 Å². The molecule has 80 valence electrons. The average molecular weight is 203 g/mol. The number of hydrogen-bond acceptors (Lipinski definition) is 2. The molecule has 2 heteroatoms. The largest absolute Gasteiger partial charge is 0.463 e. The predicted octanol–water partition coefficient (Wildman–Crippen LogP) is 3.91. The monoisotopic (exact) mass is 203 g/mol. The van der Waals surface area contributed by atoms with Crippen molar-refractivity contribution < 1.29 is 4.42 Å². The Morgan fingerprint density at radius 2 is 2.20 bits per heavy atom. The molecule has 0 atom stereocenters. The summed E-state index contributed by atoms with van der Waals surface area (Å²) >= 11 is 0. The summed E-state index contributed by atoms with van der Waals surface area (Å²) in [5, 5.41) is 0. The highest BCUT2D eigenvalue weighted by Gasteiger charge is 2.20. The summed E-state index contributed by atoms with van der Waals surface area (Å²) in [6, 6.07) is 4.00. The van der Waals surface area contributed by atoms with E-state index in [9.17, 15) is 0 Å². The molecular formula is C13H17NO. The van der Waals surface area contributed by atoms with E-state index in [1.165, 1.54) is 18.4 Å².